The quantitative estimate of drug-likeness (QED) is 0.0353. The van der Waals surface area contributed by atoms with E-state index in [4.69, 9.17) is 20.6 Å². The van der Waals surface area contributed by atoms with Crippen molar-refractivity contribution in [3.63, 3.8) is 0 Å². The number of unbranched alkanes of at least 4 members (excludes halogenated alkanes) is 1. The normalized spacial score (nSPS) is 19.1. The van der Waals surface area contributed by atoms with Crippen molar-refractivity contribution in [2.24, 2.45) is 5.73 Å². The molecule has 2 rings (SSSR count). The molecule has 1 heterocycles. The number of carbonyl (C=O) groups is 8. The molecule has 1 fully saturated rings. The number of amides is 7. The number of phenols is 1. The predicted molar refractivity (Wildman–Crippen MR) is 226 cm³/mol. The summed E-state index contributed by atoms with van der Waals surface area (Å²) in [7, 11) is 1.26. The summed E-state index contributed by atoms with van der Waals surface area (Å²) in [4.78, 5) is 103. The predicted octanol–water partition coefficient (Wildman–Crippen LogP) is -1.64. The fourth-order valence-corrected chi connectivity index (χ4v) is 6.05. The third-order valence-corrected chi connectivity index (χ3v) is 9.40. The Morgan fingerprint density at radius 1 is 0.762 bits per heavy atom. The van der Waals surface area contributed by atoms with Gasteiger partial charge in [-0.3, -0.25) is 39.0 Å². The SMILES string of the molecule is COC(=O)NCCOC(C)(C)COC(C)(C)CC(=O)NCCCCC1NC(=O)[C@@H](Cc2ccc(O)cc2)NC(=O)[C@H](CC(=O)O)NC(=O)CNC(=O)[C@H](CCCNC(=N)N)NC1=O. The van der Waals surface area contributed by atoms with Gasteiger partial charge in [-0.25, -0.2) is 4.79 Å². The summed E-state index contributed by atoms with van der Waals surface area (Å²) in [6, 6.07) is 0.139. The second-order valence-electron chi connectivity index (χ2n) is 16.1. The van der Waals surface area contributed by atoms with E-state index in [2.05, 4.69) is 47.3 Å². The number of carboxylic acids is 1. The number of phenolic OH excluding ortho intramolecular Hbond substituents is 1. The van der Waals surface area contributed by atoms with Gasteiger partial charge in [0.05, 0.1) is 50.9 Å². The molecule has 1 unspecified atom stereocenters. The average Bonchev–Trinajstić information content (AvgIpc) is 3.20. The van der Waals surface area contributed by atoms with Gasteiger partial charge in [-0.05, 0) is 77.5 Å². The van der Waals surface area contributed by atoms with Gasteiger partial charge >= 0.3 is 12.1 Å². The number of nitrogens with two attached hydrogens (primary N) is 1. The first-order chi connectivity index (χ1) is 29.6. The van der Waals surface area contributed by atoms with Crippen molar-refractivity contribution < 1.29 is 62.8 Å². The monoisotopic (exact) mass is 892 g/mol. The van der Waals surface area contributed by atoms with E-state index in [-0.39, 0.29) is 89.0 Å². The lowest BCUT2D eigenvalue weighted by molar-refractivity contribution is -0.141. The number of aliphatic carboxylic acids is 1. The number of alkyl carbamates (subject to hydrolysis) is 1. The van der Waals surface area contributed by atoms with Crippen molar-refractivity contribution in [3.05, 3.63) is 29.8 Å². The minimum atomic E-state index is -1.66. The van der Waals surface area contributed by atoms with Crippen LogP contribution in [0, 0.1) is 5.41 Å². The maximum atomic E-state index is 14.0. The molecule has 0 aromatic heterocycles. The van der Waals surface area contributed by atoms with Crippen LogP contribution in [0.5, 0.6) is 5.75 Å². The molecule has 1 aliphatic rings. The highest BCUT2D eigenvalue weighted by Crippen LogP contribution is 2.19. The van der Waals surface area contributed by atoms with Gasteiger partial charge in [-0.1, -0.05) is 12.1 Å². The number of ether oxygens (including phenoxy) is 3. The van der Waals surface area contributed by atoms with Gasteiger partial charge in [0.15, 0.2) is 5.96 Å². The van der Waals surface area contributed by atoms with Crippen LogP contribution in [-0.2, 0) is 54.2 Å². The van der Waals surface area contributed by atoms with E-state index in [0.717, 1.165) is 0 Å². The largest absolute Gasteiger partial charge is 0.508 e. The van der Waals surface area contributed by atoms with Crippen LogP contribution in [0.4, 0.5) is 4.79 Å². The zero-order chi connectivity index (χ0) is 47.2. The Hall–Kier alpha value is -6.23. The van der Waals surface area contributed by atoms with Crippen molar-refractivity contribution in [2.45, 2.75) is 114 Å². The van der Waals surface area contributed by atoms with Gasteiger partial charge in [0.1, 0.15) is 29.9 Å². The molecule has 0 spiro atoms. The molecule has 1 aromatic rings. The molecule has 352 valence electrons. The summed E-state index contributed by atoms with van der Waals surface area (Å²) >= 11 is 0. The molecule has 23 heteroatoms. The van der Waals surface area contributed by atoms with Gasteiger partial charge in [0.25, 0.3) is 0 Å². The molecule has 0 aliphatic carbocycles. The Labute approximate surface area is 365 Å². The van der Waals surface area contributed by atoms with Gasteiger partial charge in [0.2, 0.25) is 35.4 Å². The second-order valence-corrected chi connectivity index (χ2v) is 16.1. The summed E-state index contributed by atoms with van der Waals surface area (Å²) in [5, 5.41) is 47.1. The summed E-state index contributed by atoms with van der Waals surface area (Å²) < 4.78 is 16.3. The molecule has 1 aliphatic heterocycles. The van der Waals surface area contributed by atoms with Gasteiger partial charge in [0, 0.05) is 26.1 Å². The number of aromatic hydroxyl groups is 1. The number of methoxy groups -OCH3 is 1. The fourth-order valence-electron chi connectivity index (χ4n) is 6.05. The standard InChI is InChI=1S/C40H64N10O13/c1-39(2,63-23-40(3,4)62-18-17-45-38(60)61-5)21-30(52)43-15-7-6-9-27-34(57)48-26(10-8-16-44-37(41)42)33(56)46-22-31(53)47-29(20-32(54)55)36(59)50-28(35(58)49-27)19-24-11-13-25(51)14-12-24/h11-14,26-29,51H,6-10,15-23H2,1-5H3,(H,43,52)(H,45,60)(H,46,56)(H,47,53)(H,48,57)(H,49,58)(H,50,59)(H,54,55)(H4,41,42,44)/t26-,27?,28+,29-/m0/s1. The molecule has 63 heavy (non-hydrogen) atoms. The van der Waals surface area contributed by atoms with Crippen molar-refractivity contribution in [1.82, 2.24) is 42.5 Å². The van der Waals surface area contributed by atoms with Gasteiger partial charge in [-0.2, -0.15) is 0 Å². The third kappa shape index (κ3) is 21.9. The highest BCUT2D eigenvalue weighted by molar-refractivity contribution is 5.98. The Morgan fingerprint density at radius 3 is 1.98 bits per heavy atom. The molecule has 4 atom stereocenters. The fraction of sp³-hybridized carbons (Fsp3) is 0.625. The highest BCUT2D eigenvalue weighted by atomic mass is 16.6. The average molecular weight is 893 g/mol. The molecule has 1 aromatic carbocycles. The van der Waals surface area contributed by atoms with Crippen LogP contribution in [0.1, 0.15) is 78.2 Å². The summed E-state index contributed by atoms with van der Waals surface area (Å²) in [6.45, 7) is 7.39. The van der Waals surface area contributed by atoms with Crippen LogP contribution in [0.3, 0.4) is 0 Å². The summed E-state index contributed by atoms with van der Waals surface area (Å²) in [6.07, 6.45) is -0.719. The molecule has 1 saturated heterocycles. The van der Waals surface area contributed by atoms with Crippen LogP contribution in [-0.4, -0.2) is 146 Å². The van der Waals surface area contributed by atoms with Crippen molar-refractivity contribution in [1.29, 1.82) is 5.41 Å². The lowest BCUT2D eigenvalue weighted by Gasteiger charge is -2.31. The zero-order valence-corrected chi connectivity index (χ0v) is 36.5. The van der Waals surface area contributed by atoms with Crippen LogP contribution in [0.15, 0.2) is 24.3 Å². The second kappa shape index (κ2) is 26.3. The number of carbonyl (C=O) groups excluding carboxylic acids is 7. The Morgan fingerprint density at radius 2 is 1.35 bits per heavy atom. The lowest BCUT2D eigenvalue weighted by Crippen LogP contribution is -2.58. The van der Waals surface area contributed by atoms with E-state index in [0.29, 0.717) is 12.0 Å². The smallest absolute Gasteiger partial charge is 0.406 e. The minimum absolute atomic E-state index is 0.00202. The number of nitrogens with one attached hydrogen (secondary N) is 9. The van der Waals surface area contributed by atoms with E-state index >= 15 is 0 Å². The minimum Gasteiger partial charge on any atom is -0.508 e. The lowest BCUT2D eigenvalue weighted by atomic mass is 10.0. The van der Waals surface area contributed by atoms with Crippen LogP contribution in [0.25, 0.3) is 0 Å². The summed E-state index contributed by atoms with van der Waals surface area (Å²) in [5.74, 6) is -6.46. The van der Waals surface area contributed by atoms with E-state index in [1.807, 2.05) is 13.8 Å². The highest BCUT2D eigenvalue weighted by Gasteiger charge is 2.33. The van der Waals surface area contributed by atoms with Crippen LogP contribution in [0.2, 0.25) is 0 Å². The van der Waals surface area contributed by atoms with Gasteiger partial charge in [-0.15, -0.1) is 0 Å². The molecule has 23 nitrogen and oxygen atoms in total. The van der Waals surface area contributed by atoms with Crippen molar-refractivity contribution in [2.75, 3.05) is 46.5 Å². The first-order valence-corrected chi connectivity index (χ1v) is 20.5. The Bertz CT molecular complexity index is 1740. The molecular weight excluding hydrogens is 828 g/mol. The molecule has 0 saturated carbocycles. The zero-order valence-electron chi connectivity index (χ0n) is 36.5. The third-order valence-electron chi connectivity index (χ3n) is 9.40. The number of hydrogen-bond acceptors (Lipinski definition) is 13. The van der Waals surface area contributed by atoms with Crippen molar-refractivity contribution >= 4 is 53.5 Å². The molecule has 13 N–H and O–H groups in total. The summed E-state index contributed by atoms with van der Waals surface area (Å²) in [5.41, 5.74) is 4.23. The molecule has 7 amide bonds. The Kier molecular flexibility index (Phi) is 22.1. The van der Waals surface area contributed by atoms with Gasteiger partial charge < -0.3 is 72.7 Å². The van der Waals surface area contributed by atoms with Crippen LogP contribution >= 0.6 is 0 Å². The van der Waals surface area contributed by atoms with E-state index in [1.54, 1.807) is 13.8 Å². The molecule has 0 radical (unpaired) electrons. The maximum Gasteiger partial charge on any atom is 0.406 e. The number of benzene rings is 1. The number of hydrogen-bond donors (Lipinski definition) is 12. The van der Waals surface area contributed by atoms with E-state index in [9.17, 15) is 48.6 Å². The number of guanidine groups is 1. The first-order valence-electron chi connectivity index (χ1n) is 20.5. The number of rotatable bonds is 22. The number of carboxylic acid groups (broad SMARTS) is 1. The van der Waals surface area contributed by atoms with E-state index in [1.165, 1.54) is 31.4 Å². The van der Waals surface area contributed by atoms with E-state index < -0.39 is 89.9 Å². The molecule has 0 bridgehead atoms. The first kappa shape index (κ1) is 52.9. The Balaban J connectivity index is 2.23. The maximum absolute atomic E-state index is 14.0. The molecular formula is C40H64N10O13. The van der Waals surface area contributed by atoms with Crippen LogP contribution < -0.4 is 48.3 Å². The van der Waals surface area contributed by atoms with Crippen molar-refractivity contribution in [3.8, 4) is 5.75 Å². The topological polar surface area (TPSA) is 351 Å².